The Labute approximate surface area is 72.0 Å². The largest absolute Gasteiger partial charge is 0.400 e. The van der Waals surface area contributed by atoms with Crippen molar-refractivity contribution in [2.45, 2.75) is 33.0 Å². The van der Waals surface area contributed by atoms with Crippen LogP contribution in [0, 0.1) is 5.92 Å². The molecule has 0 aliphatic heterocycles. The van der Waals surface area contributed by atoms with E-state index in [1.54, 1.807) is 0 Å². The Morgan fingerprint density at radius 3 is 1.09 bits per heavy atom. The third-order valence-electron chi connectivity index (χ3n) is 1.49. The molecule has 0 amide bonds. The molecule has 0 aromatic rings. The Balaban J connectivity index is -0.000000138. The zero-order valence-electron chi connectivity index (χ0n) is 8.55. The number of aliphatic hydroxyl groups excluding tert-OH is 2. The van der Waals surface area contributed by atoms with E-state index in [0.717, 1.165) is 14.2 Å². The van der Waals surface area contributed by atoms with Crippen LogP contribution in [-0.4, -0.2) is 32.3 Å². The summed E-state index contributed by atoms with van der Waals surface area (Å²) < 4.78 is 0. The van der Waals surface area contributed by atoms with E-state index in [1.807, 2.05) is 13.8 Å². The second-order valence-electron chi connectivity index (χ2n) is 2.98. The number of rotatable bonds is 1. The van der Waals surface area contributed by atoms with Gasteiger partial charge in [0.05, 0.1) is 7.85 Å². The third-order valence-corrected chi connectivity index (χ3v) is 1.49. The summed E-state index contributed by atoms with van der Waals surface area (Å²) in [5.41, 5.74) is 0. The summed E-state index contributed by atoms with van der Waals surface area (Å²) >= 11 is 0. The van der Waals surface area contributed by atoms with Crippen LogP contribution in [-0.2, 0) is 0 Å². The van der Waals surface area contributed by atoms with Gasteiger partial charge in [-0.15, -0.1) is 0 Å². The Morgan fingerprint density at radius 1 is 1.00 bits per heavy atom. The minimum absolute atomic E-state index is 0.000000000000000222. The molecule has 2 radical (unpaired) electrons. The van der Waals surface area contributed by atoms with Crippen molar-refractivity contribution in [3.05, 3.63) is 0 Å². The molecule has 0 unspecified atom stereocenters. The molecule has 11 heavy (non-hydrogen) atoms. The first-order valence-electron chi connectivity index (χ1n) is 3.63. The third kappa shape index (κ3) is 17.8. The highest BCUT2D eigenvalue weighted by Gasteiger charge is 2.13. The lowest BCUT2D eigenvalue weighted by atomic mass is 9.65. The average Bonchev–Trinajstić information content (AvgIpc) is 1.95. The van der Waals surface area contributed by atoms with Gasteiger partial charge in [0.2, 0.25) is 0 Å². The molecule has 0 rings (SSSR count). The molecule has 0 aliphatic rings. The lowest BCUT2D eigenvalue weighted by Crippen LogP contribution is -2.09. The van der Waals surface area contributed by atoms with Crippen LogP contribution in [0.1, 0.15) is 27.7 Å². The van der Waals surface area contributed by atoms with Crippen molar-refractivity contribution in [3.8, 4) is 0 Å². The van der Waals surface area contributed by atoms with Crippen molar-refractivity contribution in [2.75, 3.05) is 14.2 Å². The van der Waals surface area contributed by atoms with Gasteiger partial charge in [0, 0.05) is 14.2 Å². The zero-order valence-corrected chi connectivity index (χ0v) is 8.55. The molecule has 0 bridgehead atoms. The summed E-state index contributed by atoms with van der Waals surface area (Å²) in [6, 6.07) is 0. The maximum Gasteiger partial charge on any atom is 0.0742 e. The molecule has 2 nitrogen and oxygen atoms in total. The second kappa shape index (κ2) is 9.98. The fraction of sp³-hybridized carbons (Fsp3) is 1.00. The molecule has 3 heteroatoms. The van der Waals surface area contributed by atoms with Gasteiger partial charge in [0.15, 0.2) is 0 Å². The summed E-state index contributed by atoms with van der Waals surface area (Å²) in [6.07, 6.45) is 0. The van der Waals surface area contributed by atoms with Gasteiger partial charge in [0.1, 0.15) is 0 Å². The maximum absolute atomic E-state index is 7.00. The number of aliphatic hydroxyl groups is 2. The number of hydrogen-bond donors (Lipinski definition) is 2. The van der Waals surface area contributed by atoms with Gasteiger partial charge in [-0.3, -0.25) is 0 Å². The molecule has 0 spiro atoms. The highest BCUT2D eigenvalue weighted by Crippen LogP contribution is 2.28. The van der Waals surface area contributed by atoms with Crippen LogP contribution in [0.3, 0.4) is 0 Å². The first-order chi connectivity index (χ1) is 4.94. The van der Waals surface area contributed by atoms with Gasteiger partial charge in [0.25, 0.3) is 0 Å². The minimum Gasteiger partial charge on any atom is -0.400 e. The molecular formula is C8H21BO2. The molecule has 0 fully saturated rings. The van der Waals surface area contributed by atoms with Crippen LogP contribution in [0.4, 0.5) is 0 Å². The molecule has 0 atom stereocenters. The predicted molar refractivity (Wildman–Crippen MR) is 50.9 cm³/mol. The van der Waals surface area contributed by atoms with Gasteiger partial charge in [-0.25, -0.2) is 0 Å². The Bertz CT molecular complexity index is 57.6. The molecule has 0 aliphatic carbocycles. The Kier molecular flexibility index (Phi) is 15.6. The molecule has 0 aromatic carbocycles. The quantitative estimate of drug-likeness (QED) is 0.566. The Hall–Kier alpha value is -0.0151. The molecular weight excluding hydrogens is 139 g/mol. The normalized spacial score (nSPS) is 9.18. The van der Waals surface area contributed by atoms with Gasteiger partial charge in [-0.05, 0) is 5.92 Å². The molecule has 0 saturated carbocycles. The van der Waals surface area contributed by atoms with Gasteiger partial charge in [-0.1, -0.05) is 33.0 Å². The zero-order chi connectivity index (χ0) is 10.1. The highest BCUT2D eigenvalue weighted by atomic mass is 16.2. The monoisotopic (exact) mass is 160 g/mol. The van der Waals surface area contributed by atoms with Crippen molar-refractivity contribution in [1.29, 1.82) is 0 Å². The van der Waals surface area contributed by atoms with Gasteiger partial charge >= 0.3 is 0 Å². The molecule has 0 aromatic heterocycles. The molecule has 2 N–H and O–H groups in total. The SMILES string of the molecule is CO.CO.[B]C(C)(C)C(C)C. The smallest absolute Gasteiger partial charge is 0.0742 e. The summed E-state index contributed by atoms with van der Waals surface area (Å²) in [6.45, 7) is 8.33. The van der Waals surface area contributed by atoms with E-state index in [-0.39, 0.29) is 5.31 Å². The second-order valence-corrected chi connectivity index (χ2v) is 2.98. The van der Waals surface area contributed by atoms with Crippen molar-refractivity contribution in [1.82, 2.24) is 0 Å². The maximum atomic E-state index is 7.00. The van der Waals surface area contributed by atoms with E-state index in [1.165, 1.54) is 0 Å². The highest BCUT2D eigenvalue weighted by molar-refractivity contribution is 6.14. The van der Waals surface area contributed by atoms with Crippen molar-refractivity contribution >= 4 is 7.85 Å². The molecule has 0 heterocycles. The predicted octanol–water partition coefficient (Wildman–Crippen LogP) is 1.23. The topological polar surface area (TPSA) is 40.5 Å². The van der Waals surface area contributed by atoms with Crippen LogP contribution < -0.4 is 0 Å². The molecule has 0 saturated heterocycles. The van der Waals surface area contributed by atoms with Crippen LogP contribution in [0.25, 0.3) is 0 Å². The summed E-state index contributed by atoms with van der Waals surface area (Å²) in [5, 5.41) is 14.0. The van der Waals surface area contributed by atoms with Crippen LogP contribution in [0.15, 0.2) is 0 Å². The van der Waals surface area contributed by atoms with Gasteiger partial charge in [-0.2, -0.15) is 0 Å². The standard InChI is InChI=1S/C6H13B.2CH4O/c1-5(2)6(3,4)7;2*1-2/h5H,1-4H3;2*2H,1H3. The summed E-state index contributed by atoms with van der Waals surface area (Å²) in [4.78, 5) is 0. The van der Waals surface area contributed by atoms with E-state index < -0.39 is 0 Å². The average molecular weight is 160 g/mol. The minimum atomic E-state index is 0.000000000000000222. The van der Waals surface area contributed by atoms with E-state index in [9.17, 15) is 0 Å². The van der Waals surface area contributed by atoms with Crippen molar-refractivity contribution in [3.63, 3.8) is 0 Å². The van der Waals surface area contributed by atoms with E-state index in [2.05, 4.69) is 13.8 Å². The Morgan fingerprint density at radius 2 is 1.09 bits per heavy atom. The van der Waals surface area contributed by atoms with Gasteiger partial charge < -0.3 is 10.2 Å². The molecule has 68 valence electrons. The fourth-order valence-corrected chi connectivity index (χ4v) is 0. The van der Waals surface area contributed by atoms with E-state index in [4.69, 9.17) is 18.1 Å². The van der Waals surface area contributed by atoms with Crippen LogP contribution >= 0.6 is 0 Å². The fourth-order valence-electron chi connectivity index (χ4n) is 0. The summed E-state index contributed by atoms with van der Waals surface area (Å²) in [5.74, 6) is 0.576. The van der Waals surface area contributed by atoms with E-state index >= 15 is 0 Å². The van der Waals surface area contributed by atoms with Crippen LogP contribution in [0.2, 0.25) is 5.31 Å². The lowest BCUT2D eigenvalue weighted by molar-refractivity contribution is 0.399. The summed E-state index contributed by atoms with van der Waals surface area (Å²) in [7, 11) is 7.68. The van der Waals surface area contributed by atoms with Crippen molar-refractivity contribution < 1.29 is 10.2 Å². The first kappa shape index (κ1) is 17.2. The number of hydrogen-bond acceptors (Lipinski definition) is 2. The first-order valence-corrected chi connectivity index (χ1v) is 3.63. The van der Waals surface area contributed by atoms with Crippen molar-refractivity contribution in [2.24, 2.45) is 5.92 Å². The van der Waals surface area contributed by atoms with E-state index in [0.29, 0.717) is 5.92 Å². The lowest BCUT2D eigenvalue weighted by Gasteiger charge is -2.23. The van der Waals surface area contributed by atoms with Crippen LogP contribution in [0.5, 0.6) is 0 Å².